The van der Waals surface area contributed by atoms with Crippen LogP contribution in [0.4, 0.5) is 21.9 Å². The van der Waals surface area contributed by atoms with Gasteiger partial charge in [-0.15, -0.1) is 0 Å². The highest BCUT2D eigenvalue weighted by Gasteiger charge is 2.27. The number of hydrogen-bond donors (Lipinski definition) is 5. The first-order valence-electron chi connectivity index (χ1n) is 21.7. The van der Waals surface area contributed by atoms with E-state index in [9.17, 15) is 14.4 Å². The molecule has 2 aliphatic rings. The van der Waals surface area contributed by atoms with Crippen molar-refractivity contribution in [3.63, 3.8) is 0 Å². The van der Waals surface area contributed by atoms with Gasteiger partial charge < -0.3 is 30.4 Å². The molecule has 3 aromatic carbocycles. The van der Waals surface area contributed by atoms with E-state index in [1.54, 1.807) is 4.90 Å². The first kappa shape index (κ1) is 43.0. The average molecular weight is 853 g/mol. The molecular weight excluding hydrogens is 797 g/mol. The van der Waals surface area contributed by atoms with Crippen LogP contribution in [0, 0.1) is 26.7 Å². The summed E-state index contributed by atoms with van der Waals surface area (Å²) in [6.07, 6.45) is 4.08. The summed E-state index contributed by atoms with van der Waals surface area (Å²) in [5.41, 5.74) is 10.8. The lowest BCUT2D eigenvalue weighted by Gasteiger charge is -2.34. The first-order valence-corrected chi connectivity index (χ1v) is 21.7. The number of benzene rings is 3. The maximum absolute atomic E-state index is 12.9. The number of imidazole rings is 1. The number of aryl methyl sites for hydroxylation is 3. The Morgan fingerprint density at radius 1 is 0.921 bits per heavy atom. The van der Waals surface area contributed by atoms with Gasteiger partial charge in [0, 0.05) is 72.7 Å². The lowest BCUT2D eigenvalue weighted by atomic mass is 9.96. The molecule has 328 valence electrons. The number of anilines is 3. The van der Waals surface area contributed by atoms with Crippen molar-refractivity contribution in [1.82, 2.24) is 46.0 Å². The Morgan fingerprint density at radius 2 is 1.73 bits per heavy atom. The van der Waals surface area contributed by atoms with Crippen molar-refractivity contribution in [3.8, 4) is 22.6 Å². The van der Waals surface area contributed by atoms with Gasteiger partial charge in [0.2, 0.25) is 5.91 Å². The van der Waals surface area contributed by atoms with Gasteiger partial charge >= 0.3 is 17.8 Å². The number of piperidine rings is 1. The third-order valence-corrected chi connectivity index (χ3v) is 12.0. The van der Waals surface area contributed by atoms with Crippen LogP contribution in [0.1, 0.15) is 91.8 Å². The van der Waals surface area contributed by atoms with Crippen molar-refractivity contribution < 1.29 is 18.9 Å². The third kappa shape index (κ3) is 9.55. The zero-order valence-corrected chi connectivity index (χ0v) is 37.1. The molecule has 16 heteroatoms. The summed E-state index contributed by atoms with van der Waals surface area (Å²) in [6, 6.07) is 17.9. The zero-order valence-electron chi connectivity index (χ0n) is 37.1. The summed E-state index contributed by atoms with van der Waals surface area (Å²) in [5.74, 6) is 1.12. The fourth-order valence-electron chi connectivity index (χ4n) is 8.41. The molecule has 0 aliphatic carbocycles. The zero-order chi connectivity index (χ0) is 44.4. The minimum Gasteiger partial charge on any atom is -0.384 e. The molecule has 4 amide bonds. The second-order valence-electron chi connectivity index (χ2n) is 17.8. The Balaban J connectivity index is 0.815. The van der Waals surface area contributed by atoms with Crippen molar-refractivity contribution in [2.45, 2.75) is 79.2 Å². The molecule has 3 aromatic heterocycles. The third-order valence-electron chi connectivity index (χ3n) is 12.0. The molecular formula is C47H56N12O4. The molecule has 63 heavy (non-hydrogen) atoms. The molecule has 0 radical (unpaired) electrons. The number of fused-ring (bicyclic) bond motifs is 1. The smallest absolute Gasteiger partial charge is 0.328 e. The monoisotopic (exact) mass is 852 g/mol. The van der Waals surface area contributed by atoms with Crippen LogP contribution in [0.15, 0.2) is 65.4 Å². The Bertz CT molecular complexity index is 2660. The van der Waals surface area contributed by atoms with Crippen LogP contribution in [0.2, 0.25) is 0 Å². The molecule has 0 spiro atoms. The second-order valence-corrected chi connectivity index (χ2v) is 17.8. The lowest BCUT2D eigenvalue weighted by molar-refractivity contribution is -0.120. The summed E-state index contributed by atoms with van der Waals surface area (Å²) in [7, 11) is 0. The Morgan fingerprint density at radius 3 is 2.44 bits per heavy atom. The van der Waals surface area contributed by atoms with Crippen molar-refractivity contribution >= 4 is 46.1 Å². The number of imide groups is 1. The molecule has 2 saturated heterocycles. The van der Waals surface area contributed by atoms with Crippen LogP contribution in [-0.4, -0.2) is 87.2 Å². The lowest BCUT2D eigenvalue weighted by Crippen LogP contribution is -2.49. The largest absolute Gasteiger partial charge is 0.384 e. The predicted octanol–water partition coefficient (Wildman–Crippen LogP) is 7.15. The van der Waals surface area contributed by atoms with E-state index in [1.807, 2.05) is 59.7 Å². The molecule has 16 nitrogen and oxygen atoms in total. The minimum atomic E-state index is -0.419. The van der Waals surface area contributed by atoms with Crippen LogP contribution in [0.25, 0.3) is 33.8 Å². The van der Waals surface area contributed by atoms with E-state index in [-0.39, 0.29) is 29.3 Å². The number of urea groups is 1. The number of nitrogens with one attached hydrogen (secondary N) is 5. The number of carbonyl (C=O) groups excluding carboxylic acids is 3. The van der Waals surface area contributed by atoms with Gasteiger partial charge in [0.15, 0.2) is 11.5 Å². The highest BCUT2D eigenvalue weighted by Crippen LogP contribution is 2.33. The van der Waals surface area contributed by atoms with Crippen molar-refractivity contribution in [3.05, 3.63) is 94.9 Å². The molecule has 6 aromatic rings. The molecule has 2 aliphatic heterocycles. The number of carbonyl (C=O) groups is 3. The molecule has 2 fully saturated rings. The highest BCUT2D eigenvalue weighted by molar-refractivity contribution is 6.06. The molecule has 0 bridgehead atoms. The summed E-state index contributed by atoms with van der Waals surface area (Å²) < 4.78 is 5.24. The SMILES string of the molecule is Cc1cc(NCCNCC2CCN(c3ccc(N4CCC(=O)NC4=O)c(C)c3)CC2)ccc1-c1nc2ncnc(-c3ccc([C@@H](C)NC(=O)c4nc(C(C)(C)C)no4)c(C)c3)c2[nH]1. The van der Waals surface area contributed by atoms with Gasteiger partial charge in [0.1, 0.15) is 17.7 Å². The fourth-order valence-corrected chi connectivity index (χ4v) is 8.41. The van der Waals surface area contributed by atoms with Crippen LogP contribution in [0.5, 0.6) is 0 Å². The van der Waals surface area contributed by atoms with Gasteiger partial charge in [-0.25, -0.2) is 19.7 Å². The van der Waals surface area contributed by atoms with Crippen LogP contribution in [0.3, 0.4) is 0 Å². The maximum Gasteiger partial charge on any atom is 0.328 e. The maximum atomic E-state index is 12.9. The van der Waals surface area contributed by atoms with Crippen LogP contribution < -0.4 is 31.1 Å². The highest BCUT2D eigenvalue weighted by atomic mass is 16.5. The van der Waals surface area contributed by atoms with E-state index < -0.39 is 5.91 Å². The topological polar surface area (TPSA) is 199 Å². The first-order chi connectivity index (χ1) is 30.2. The van der Waals surface area contributed by atoms with E-state index in [4.69, 9.17) is 9.51 Å². The molecule has 1 atom stereocenters. The molecule has 5 N–H and O–H groups in total. The average Bonchev–Trinajstić information content (AvgIpc) is 3.93. The Hall–Kier alpha value is -6.68. The van der Waals surface area contributed by atoms with Crippen LogP contribution >= 0.6 is 0 Å². The second kappa shape index (κ2) is 18.0. The van der Waals surface area contributed by atoms with E-state index in [2.05, 4.69) is 94.6 Å². The van der Waals surface area contributed by atoms with Gasteiger partial charge in [-0.05, 0) is 118 Å². The summed E-state index contributed by atoms with van der Waals surface area (Å²) in [6.45, 7) is 19.0. The number of aromatic nitrogens is 6. The predicted molar refractivity (Wildman–Crippen MR) is 244 cm³/mol. The van der Waals surface area contributed by atoms with Crippen molar-refractivity contribution in [2.75, 3.05) is 54.4 Å². The Labute approximate surface area is 367 Å². The Kier molecular flexibility index (Phi) is 12.3. The quantitative estimate of drug-likeness (QED) is 0.0737. The van der Waals surface area contributed by atoms with Gasteiger partial charge in [0.25, 0.3) is 0 Å². The normalized spacial score (nSPS) is 15.5. The minimum absolute atomic E-state index is 0.0568. The fraction of sp³-hybridized carbons (Fsp3) is 0.404. The van der Waals surface area contributed by atoms with E-state index in [0.29, 0.717) is 30.4 Å². The molecule has 0 saturated carbocycles. The van der Waals surface area contributed by atoms with E-state index in [0.717, 1.165) is 107 Å². The summed E-state index contributed by atoms with van der Waals surface area (Å²) in [4.78, 5) is 62.7. The summed E-state index contributed by atoms with van der Waals surface area (Å²) >= 11 is 0. The molecule has 5 heterocycles. The molecule has 0 unspecified atom stereocenters. The van der Waals surface area contributed by atoms with Gasteiger partial charge in [-0.1, -0.05) is 38.1 Å². The van der Waals surface area contributed by atoms with Gasteiger partial charge in [0.05, 0.1) is 11.7 Å². The number of amides is 4. The van der Waals surface area contributed by atoms with Crippen LogP contribution in [-0.2, 0) is 10.2 Å². The van der Waals surface area contributed by atoms with Gasteiger partial charge in [-0.3, -0.25) is 19.8 Å². The van der Waals surface area contributed by atoms with Gasteiger partial charge in [-0.2, -0.15) is 4.98 Å². The number of aromatic amines is 1. The summed E-state index contributed by atoms with van der Waals surface area (Å²) in [5, 5.41) is 16.6. The van der Waals surface area contributed by atoms with E-state index >= 15 is 0 Å². The number of nitrogens with zero attached hydrogens (tertiary/aromatic N) is 7. The standard InChI is InChI=1S/C47H56N12O4/c1-27-22-32(8-11-35(27)30(4)52-43(61)44-56-45(57-63-44)47(5,6)7)39-40-42(51-26-50-39)55-41(54-40)36-12-9-33(23-28(36)2)49-18-17-48-25-31-14-19-58(20-15-31)34-10-13-37(29(3)24-34)59-21-16-38(60)53-46(59)62/h8-13,22-24,26,30-31,48-49H,14-21,25H2,1-7H3,(H,52,61)(H,53,60,62)(H,50,51,54,55)/t30-/m1/s1. The van der Waals surface area contributed by atoms with Crippen molar-refractivity contribution in [2.24, 2.45) is 5.92 Å². The van der Waals surface area contributed by atoms with Crippen molar-refractivity contribution in [1.29, 1.82) is 0 Å². The number of hydrogen-bond acceptors (Lipinski definition) is 12. The van der Waals surface area contributed by atoms with E-state index in [1.165, 1.54) is 12.0 Å². The molecule has 8 rings (SSSR count). The number of rotatable bonds is 13. The number of H-pyrrole nitrogens is 1.